The van der Waals surface area contributed by atoms with Gasteiger partial charge in [0.05, 0.1) is 6.61 Å². The van der Waals surface area contributed by atoms with Crippen molar-refractivity contribution in [2.75, 3.05) is 11.9 Å². The molecule has 1 unspecified atom stereocenters. The Hall–Kier alpha value is -1.32. The minimum atomic E-state index is 0.419. The molecule has 1 heterocycles. The molecule has 1 fully saturated rings. The van der Waals surface area contributed by atoms with Gasteiger partial charge in [-0.2, -0.15) is 4.98 Å². The van der Waals surface area contributed by atoms with Crippen molar-refractivity contribution < 1.29 is 4.74 Å². The van der Waals surface area contributed by atoms with Crippen molar-refractivity contribution >= 4 is 5.95 Å². The first kappa shape index (κ1) is 14.1. The van der Waals surface area contributed by atoms with Crippen LogP contribution in [0.4, 0.5) is 5.95 Å². The number of aryl methyl sites for hydroxylation is 1. The number of nitrogens with one attached hydrogen (secondary N) is 1. The zero-order valence-corrected chi connectivity index (χ0v) is 12.5. The van der Waals surface area contributed by atoms with Crippen LogP contribution in [0.5, 0.6) is 5.88 Å². The topological polar surface area (TPSA) is 47.0 Å². The molecule has 4 nitrogen and oxygen atoms in total. The van der Waals surface area contributed by atoms with Crippen molar-refractivity contribution in [2.45, 2.75) is 59.4 Å². The van der Waals surface area contributed by atoms with Crippen molar-refractivity contribution in [2.24, 2.45) is 5.41 Å². The van der Waals surface area contributed by atoms with Crippen LogP contribution in [0.3, 0.4) is 0 Å². The lowest BCUT2D eigenvalue weighted by Gasteiger charge is -2.35. The van der Waals surface area contributed by atoms with E-state index in [4.69, 9.17) is 4.74 Å². The van der Waals surface area contributed by atoms with E-state index in [0.717, 1.165) is 5.69 Å². The first-order valence-corrected chi connectivity index (χ1v) is 7.23. The van der Waals surface area contributed by atoms with Crippen LogP contribution in [-0.2, 0) is 0 Å². The largest absolute Gasteiger partial charge is 0.478 e. The number of hydrogen-bond donors (Lipinski definition) is 1. The van der Waals surface area contributed by atoms with Crippen LogP contribution >= 0.6 is 0 Å². The lowest BCUT2D eigenvalue weighted by Crippen LogP contribution is -2.32. The van der Waals surface area contributed by atoms with Gasteiger partial charge in [0.15, 0.2) is 0 Å². The molecule has 0 radical (unpaired) electrons. The number of aromatic nitrogens is 2. The van der Waals surface area contributed by atoms with E-state index in [1.54, 1.807) is 0 Å². The molecule has 19 heavy (non-hydrogen) atoms. The Bertz CT molecular complexity index is 431. The summed E-state index contributed by atoms with van der Waals surface area (Å²) in [6.45, 7) is 9.24. The minimum Gasteiger partial charge on any atom is -0.478 e. The molecule has 2 rings (SSSR count). The Labute approximate surface area is 116 Å². The summed E-state index contributed by atoms with van der Waals surface area (Å²) in [7, 11) is 0. The van der Waals surface area contributed by atoms with E-state index in [9.17, 15) is 0 Å². The van der Waals surface area contributed by atoms with Gasteiger partial charge in [-0.15, -0.1) is 0 Å². The van der Waals surface area contributed by atoms with Crippen LogP contribution in [0.2, 0.25) is 0 Å². The van der Waals surface area contributed by atoms with Gasteiger partial charge in [0.2, 0.25) is 11.8 Å². The van der Waals surface area contributed by atoms with E-state index in [1.807, 2.05) is 19.9 Å². The highest BCUT2D eigenvalue weighted by molar-refractivity contribution is 5.32. The Morgan fingerprint density at radius 1 is 1.42 bits per heavy atom. The van der Waals surface area contributed by atoms with E-state index in [-0.39, 0.29) is 0 Å². The molecule has 4 heteroatoms. The number of nitrogens with zero attached hydrogens (tertiary/aromatic N) is 2. The lowest BCUT2D eigenvalue weighted by atomic mass is 9.75. The number of ether oxygens (including phenoxy) is 1. The van der Waals surface area contributed by atoms with Gasteiger partial charge in [-0.05, 0) is 38.5 Å². The summed E-state index contributed by atoms with van der Waals surface area (Å²) in [6.07, 6.45) is 4.96. The molecule has 1 aromatic heterocycles. The molecular weight excluding hydrogens is 238 g/mol. The minimum absolute atomic E-state index is 0.419. The Morgan fingerprint density at radius 2 is 2.21 bits per heavy atom. The maximum absolute atomic E-state index is 5.47. The molecule has 1 aliphatic rings. The van der Waals surface area contributed by atoms with Gasteiger partial charge >= 0.3 is 0 Å². The van der Waals surface area contributed by atoms with Gasteiger partial charge in [-0.25, -0.2) is 4.98 Å². The number of anilines is 1. The molecule has 1 N–H and O–H groups in total. The second-order valence-corrected chi connectivity index (χ2v) is 6.21. The predicted molar refractivity (Wildman–Crippen MR) is 77.6 cm³/mol. The summed E-state index contributed by atoms with van der Waals surface area (Å²) < 4.78 is 5.47. The van der Waals surface area contributed by atoms with Crippen molar-refractivity contribution in [1.82, 2.24) is 9.97 Å². The molecule has 1 atom stereocenters. The maximum atomic E-state index is 5.47. The highest BCUT2D eigenvalue weighted by Crippen LogP contribution is 2.36. The van der Waals surface area contributed by atoms with E-state index in [2.05, 4.69) is 29.1 Å². The second kappa shape index (κ2) is 5.76. The molecule has 0 aliphatic heterocycles. The van der Waals surface area contributed by atoms with Crippen LogP contribution in [0, 0.1) is 12.3 Å². The highest BCUT2D eigenvalue weighted by atomic mass is 16.5. The molecule has 0 saturated heterocycles. The highest BCUT2D eigenvalue weighted by Gasteiger charge is 2.28. The third kappa shape index (κ3) is 4.08. The van der Waals surface area contributed by atoms with Gasteiger partial charge in [-0.3, -0.25) is 0 Å². The summed E-state index contributed by atoms with van der Waals surface area (Å²) in [6, 6.07) is 2.35. The fourth-order valence-electron chi connectivity index (χ4n) is 2.83. The van der Waals surface area contributed by atoms with Crippen LogP contribution in [0.1, 0.15) is 52.1 Å². The monoisotopic (exact) mass is 263 g/mol. The zero-order valence-electron chi connectivity index (χ0n) is 12.5. The van der Waals surface area contributed by atoms with Crippen molar-refractivity contribution in [3.8, 4) is 5.88 Å². The molecule has 0 aromatic carbocycles. The number of hydrogen-bond acceptors (Lipinski definition) is 4. The molecule has 1 saturated carbocycles. The van der Waals surface area contributed by atoms with E-state index in [1.165, 1.54) is 25.7 Å². The molecule has 106 valence electrons. The summed E-state index contributed by atoms with van der Waals surface area (Å²) in [5.74, 6) is 1.36. The Balaban J connectivity index is 2.06. The van der Waals surface area contributed by atoms with Gasteiger partial charge in [0.25, 0.3) is 0 Å². The molecule has 0 bridgehead atoms. The SMILES string of the molecule is CCOc1cc(C)nc(NC2CCCC(C)(C)C2)n1. The average Bonchev–Trinajstić information content (AvgIpc) is 2.26. The smallest absolute Gasteiger partial charge is 0.226 e. The summed E-state index contributed by atoms with van der Waals surface area (Å²) in [4.78, 5) is 8.88. The van der Waals surface area contributed by atoms with E-state index >= 15 is 0 Å². The quantitative estimate of drug-likeness (QED) is 0.902. The fraction of sp³-hybridized carbons (Fsp3) is 0.733. The summed E-state index contributed by atoms with van der Waals surface area (Å²) >= 11 is 0. The van der Waals surface area contributed by atoms with Gasteiger partial charge < -0.3 is 10.1 Å². The molecule has 1 aromatic rings. The standard InChI is InChI=1S/C15H25N3O/c1-5-19-13-9-11(2)16-14(18-13)17-12-7-6-8-15(3,4)10-12/h9,12H,5-8,10H2,1-4H3,(H,16,17,18). The van der Waals surface area contributed by atoms with Crippen LogP contribution in [0.25, 0.3) is 0 Å². The van der Waals surface area contributed by atoms with E-state index < -0.39 is 0 Å². The predicted octanol–water partition coefficient (Wildman–Crippen LogP) is 3.56. The third-order valence-electron chi connectivity index (χ3n) is 3.66. The van der Waals surface area contributed by atoms with Gasteiger partial charge in [0.1, 0.15) is 0 Å². The molecule has 1 aliphatic carbocycles. The summed E-state index contributed by atoms with van der Waals surface area (Å²) in [5, 5.41) is 3.47. The first-order chi connectivity index (χ1) is 8.98. The van der Waals surface area contributed by atoms with Crippen LogP contribution < -0.4 is 10.1 Å². The van der Waals surface area contributed by atoms with Crippen molar-refractivity contribution in [3.05, 3.63) is 11.8 Å². The molecule has 0 spiro atoms. The van der Waals surface area contributed by atoms with Gasteiger partial charge in [-0.1, -0.05) is 20.3 Å². The van der Waals surface area contributed by atoms with Crippen LogP contribution in [0.15, 0.2) is 6.07 Å². The lowest BCUT2D eigenvalue weighted by molar-refractivity contribution is 0.229. The zero-order chi connectivity index (χ0) is 13.9. The fourth-order valence-corrected chi connectivity index (χ4v) is 2.83. The summed E-state index contributed by atoms with van der Waals surface area (Å²) in [5.41, 5.74) is 1.36. The Morgan fingerprint density at radius 3 is 2.89 bits per heavy atom. The van der Waals surface area contributed by atoms with Crippen molar-refractivity contribution in [3.63, 3.8) is 0 Å². The normalized spacial score (nSPS) is 22.0. The third-order valence-corrected chi connectivity index (χ3v) is 3.66. The molecular formula is C15H25N3O. The first-order valence-electron chi connectivity index (χ1n) is 7.23. The maximum Gasteiger partial charge on any atom is 0.226 e. The van der Waals surface area contributed by atoms with Crippen molar-refractivity contribution in [1.29, 1.82) is 0 Å². The molecule has 0 amide bonds. The second-order valence-electron chi connectivity index (χ2n) is 6.21. The van der Waals surface area contributed by atoms with Gasteiger partial charge in [0, 0.05) is 17.8 Å². The van der Waals surface area contributed by atoms with Crippen LogP contribution in [-0.4, -0.2) is 22.6 Å². The Kier molecular flexibility index (Phi) is 4.27. The average molecular weight is 263 g/mol. The number of rotatable bonds is 4. The van der Waals surface area contributed by atoms with E-state index in [0.29, 0.717) is 29.9 Å².